The van der Waals surface area contributed by atoms with Gasteiger partial charge in [-0.1, -0.05) is 48.8 Å². The molecule has 0 radical (unpaired) electrons. The molecule has 0 aliphatic heterocycles. The van der Waals surface area contributed by atoms with Gasteiger partial charge in [-0.05, 0) is 41.3 Å². The first kappa shape index (κ1) is 15.9. The summed E-state index contributed by atoms with van der Waals surface area (Å²) in [5.74, 6) is 1.77. The van der Waals surface area contributed by atoms with Crippen LogP contribution in [0, 0.1) is 0 Å². The molecule has 0 aliphatic rings. The smallest absolute Gasteiger partial charge is 0.123 e. The second kappa shape index (κ2) is 6.52. The van der Waals surface area contributed by atoms with E-state index in [1.54, 1.807) is 7.11 Å². The van der Waals surface area contributed by atoms with Crippen LogP contribution in [0.3, 0.4) is 0 Å². The van der Waals surface area contributed by atoms with Crippen LogP contribution in [0.4, 0.5) is 0 Å². The molecule has 112 valence electrons. The van der Waals surface area contributed by atoms with Crippen LogP contribution >= 0.6 is 15.9 Å². The maximum Gasteiger partial charge on any atom is 0.123 e. The van der Waals surface area contributed by atoms with Crippen LogP contribution in [0.25, 0.3) is 0 Å². The summed E-state index contributed by atoms with van der Waals surface area (Å²) >= 11 is 3.44. The van der Waals surface area contributed by atoms with Gasteiger partial charge in [0.05, 0.1) is 7.11 Å². The summed E-state index contributed by atoms with van der Waals surface area (Å²) in [7, 11) is 1.68. The van der Waals surface area contributed by atoms with Crippen molar-refractivity contribution in [2.75, 3.05) is 7.11 Å². The average Bonchev–Trinajstić information content (AvgIpc) is 2.45. The standard InChI is InChI=1S/C18H21BrO2/c1-18(2,3)16-11-15(20-4)9-10-17(16)21-12-13-5-7-14(19)8-6-13/h5-11H,12H2,1-4H3. The molecule has 2 aromatic carbocycles. The van der Waals surface area contributed by atoms with Crippen molar-refractivity contribution in [3.05, 3.63) is 58.1 Å². The highest BCUT2D eigenvalue weighted by molar-refractivity contribution is 9.10. The summed E-state index contributed by atoms with van der Waals surface area (Å²) in [4.78, 5) is 0. The van der Waals surface area contributed by atoms with Crippen molar-refractivity contribution in [2.24, 2.45) is 0 Å². The Labute approximate surface area is 135 Å². The molecule has 2 rings (SSSR count). The van der Waals surface area contributed by atoms with Gasteiger partial charge in [-0.3, -0.25) is 0 Å². The minimum Gasteiger partial charge on any atom is -0.497 e. The highest BCUT2D eigenvalue weighted by Crippen LogP contribution is 2.34. The second-order valence-electron chi connectivity index (χ2n) is 6.03. The molecule has 0 amide bonds. The molecule has 0 aromatic heterocycles. The molecule has 3 heteroatoms. The predicted octanol–water partition coefficient (Wildman–Crippen LogP) is 5.33. The first-order valence-electron chi connectivity index (χ1n) is 6.96. The Kier molecular flexibility index (Phi) is 4.94. The molecule has 0 N–H and O–H groups in total. The van der Waals surface area contributed by atoms with E-state index in [1.807, 2.05) is 24.3 Å². The van der Waals surface area contributed by atoms with E-state index in [2.05, 4.69) is 54.9 Å². The van der Waals surface area contributed by atoms with Crippen LogP contribution in [0.15, 0.2) is 46.9 Å². The minimum atomic E-state index is 0.00356. The van der Waals surface area contributed by atoms with Gasteiger partial charge < -0.3 is 9.47 Å². The van der Waals surface area contributed by atoms with E-state index in [0.717, 1.165) is 27.1 Å². The third-order valence-electron chi connectivity index (χ3n) is 3.30. The van der Waals surface area contributed by atoms with Crippen molar-refractivity contribution in [1.82, 2.24) is 0 Å². The Balaban J connectivity index is 2.21. The topological polar surface area (TPSA) is 18.5 Å². The molecule has 0 atom stereocenters. The number of methoxy groups -OCH3 is 1. The van der Waals surface area contributed by atoms with Crippen molar-refractivity contribution >= 4 is 15.9 Å². The fourth-order valence-electron chi connectivity index (χ4n) is 2.09. The minimum absolute atomic E-state index is 0.00356. The second-order valence-corrected chi connectivity index (χ2v) is 6.94. The van der Waals surface area contributed by atoms with Crippen molar-refractivity contribution in [3.63, 3.8) is 0 Å². The predicted molar refractivity (Wildman–Crippen MR) is 90.2 cm³/mol. The summed E-state index contributed by atoms with van der Waals surface area (Å²) in [6.07, 6.45) is 0. The van der Waals surface area contributed by atoms with Gasteiger partial charge in [0.2, 0.25) is 0 Å². The van der Waals surface area contributed by atoms with Crippen LogP contribution in [0.1, 0.15) is 31.9 Å². The Hall–Kier alpha value is -1.48. The van der Waals surface area contributed by atoms with E-state index in [1.165, 1.54) is 0 Å². The Bertz CT molecular complexity index is 598. The first-order chi connectivity index (χ1) is 9.90. The van der Waals surface area contributed by atoms with Gasteiger partial charge in [-0.25, -0.2) is 0 Å². The van der Waals surface area contributed by atoms with Crippen molar-refractivity contribution < 1.29 is 9.47 Å². The van der Waals surface area contributed by atoms with E-state index in [4.69, 9.17) is 9.47 Å². The molecule has 0 bridgehead atoms. The number of rotatable bonds is 4. The molecule has 0 fully saturated rings. The Morgan fingerprint density at radius 3 is 2.24 bits per heavy atom. The van der Waals surface area contributed by atoms with E-state index >= 15 is 0 Å². The lowest BCUT2D eigenvalue weighted by molar-refractivity contribution is 0.296. The van der Waals surface area contributed by atoms with Crippen LogP contribution in [-0.2, 0) is 12.0 Å². The summed E-state index contributed by atoms with van der Waals surface area (Å²) in [5.41, 5.74) is 2.30. The zero-order valence-electron chi connectivity index (χ0n) is 12.9. The quantitative estimate of drug-likeness (QED) is 0.742. The molecular formula is C18H21BrO2. The normalized spacial score (nSPS) is 11.3. The van der Waals surface area contributed by atoms with Crippen LogP contribution in [-0.4, -0.2) is 7.11 Å². The highest BCUT2D eigenvalue weighted by atomic mass is 79.9. The van der Waals surface area contributed by atoms with Crippen LogP contribution < -0.4 is 9.47 Å². The lowest BCUT2D eigenvalue weighted by atomic mass is 9.86. The number of hydrogen-bond acceptors (Lipinski definition) is 2. The average molecular weight is 349 g/mol. The number of hydrogen-bond donors (Lipinski definition) is 0. The van der Waals surface area contributed by atoms with Gasteiger partial charge in [-0.15, -0.1) is 0 Å². The van der Waals surface area contributed by atoms with E-state index in [9.17, 15) is 0 Å². The summed E-state index contributed by atoms with van der Waals surface area (Å²) < 4.78 is 12.4. The van der Waals surface area contributed by atoms with Gasteiger partial charge in [0.25, 0.3) is 0 Å². The molecular weight excluding hydrogens is 328 g/mol. The van der Waals surface area contributed by atoms with Gasteiger partial charge in [0.1, 0.15) is 18.1 Å². The van der Waals surface area contributed by atoms with Gasteiger partial charge in [-0.2, -0.15) is 0 Å². The summed E-state index contributed by atoms with van der Waals surface area (Å²) in [5, 5.41) is 0. The summed E-state index contributed by atoms with van der Waals surface area (Å²) in [6, 6.07) is 14.1. The van der Waals surface area contributed by atoms with Gasteiger partial charge in [0.15, 0.2) is 0 Å². The van der Waals surface area contributed by atoms with E-state index < -0.39 is 0 Å². The molecule has 2 nitrogen and oxygen atoms in total. The SMILES string of the molecule is COc1ccc(OCc2ccc(Br)cc2)c(C(C)(C)C)c1. The molecule has 0 aliphatic carbocycles. The first-order valence-corrected chi connectivity index (χ1v) is 7.75. The molecule has 0 spiro atoms. The lowest BCUT2D eigenvalue weighted by Gasteiger charge is -2.23. The molecule has 2 aromatic rings. The third kappa shape index (κ3) is 4.24. The van der Waals surface area contributed by atoms with E-state index in [0.29, 0.717) is 6.61 Å². The van der Waals surface area contributed by atoms with Gasteiger partial charge >= 0.3 is 0 Å². The lowest BCUT2D eigenvalue weighted by Crippen LogP contribution is -2.13. The number of benzene rings is 2. The van der Waals surface area contributed by atoms with Crippen LogP contribution in [0.2, 0.25) is 0 Å². The van der Waals surface area contributed by atoms with Crippen molar-refractivity contribution in [3.8, 4) is 11.5 Å². The maximum atomic E-state index is 6.02. The monoisotopic (exact) mass is 348 g/mol. The largest absolute Gasteiger partial charge is 0.497 e. The Morgan fingerprint density at radius 1 is 1.00 bits per heavy atom. The zero-order chi connectivity index (χ0) is 15.5. The van der Waals surface area contributed by atoms with Crippen molar-refractivity contribution in [2.45, 2.75) is 32.8 Å². The molecule has 21 heavy (non-hydrogen) atoms. The Morgan fingerprint density at radius 2 is 1.67 bits per heavy atom. The fraction of sp³-hybridized carbons (Fsp3) is 0.333. The van der Waals surface area contributed by atoms with Gasteiger partial charge in [0, 0.05) is 10.0 Å². The molecule has 0 heterocycles. The molecule has 0 unspecified atom stereocenters. The third-order valence-corrected chi connectivity index (χ3v) is 3.83. The zero-order valence-corrected chi connectivity index (χ0v) is 14.5. The highest BCUT2D eigenvalue weighted by Gasteiger charge is 2.20. The van der Waals surface area contributed by atoms with Crippen molar-refractivity contribution in [1.29, 1.82) is 0 Å². The molecule has 0 saturated carbocycles. The maximum absolute atomic E-state index is 6.02. The van der Waals surface area contributed by atoms with E-state index in [-0.39, 0.29) is 5.41 Å². The molecule has 0 saturated heterocycles. The number of halogens is 1. The van der Waals surface area contributed by atoms with Crippen LogP contribution in [0.5, 0.6) is 11.5 Å². The fourth-order valence-corrected chi connectivity index (χ4v) is 2.35. The summed E-state index contributed by atoms with van der Waals surface area (Å²) in [6.45, 7) is 7.08. The number of ether oxygens (including phenoxy) is 2.